The maximum absolute atomic E-state index is 13.2. The summed E-state index contributed by atoms with van der Waals surface area (Å²) in [5, 5.41) is 11.7. The normalized spacial score (nSPS) is 18.1. The van der Waals surface area contributed by atoms with Gasteiger partial charge in [-0.1, -0.05) is 36.4 Å². The highest BCUT2D eigenvalue weighted by molar-refractivity contribution is 6.62. The van der Waals surface area contributed by atoms with Crippen molar-refractivity contribution in [1.82, 2.24) is 5.32 Å². The van der Waals surface area contributed by atoms with E-state index in [0.717, 1.165) is 23.7 Å². The SMILES string of the molecule is CC1(C)OB(c2ccc(C[C@@H](NC(=O)c3ccccc3C(F)(F)F)C(=O)O)cc2)OC1(C)C. The van der Waals surface area contributed by atoms with E-state index in [9.17, 15) is 27.9 Å². The van der Waals surface area contributed by atoms with Crippen molar-refractivity contribution in [1.29, 1.82) is 0 Å². The lowest BCUT2D eigenvalue weighted by atomic mass is 9.78. The van der Waals surface area contributed by atoms with E-state index in [0.29, 0.717) is 5.56 Å². The highest BCUT2D eigenvalue weighted by atomic mass is 19.4. The summed E-state index contributed by atoms with van der Waals surface area (Å²) in [6, 6.07) is 9.63. The van der Waals surface area contributed by atoms with E-state index in [1.54, 1.807) is 24.3 Å². The molecule has 0 spiro atoms. The van der Waals surface area contributed by atoms with Gasteiger partial charge in [-0.05, 0) is 50.9 Å². The summed E-state index contributed by atoms with van der Waals surface area (Å²) < 4.78 is 51.6. The zero-order chi connectivity index (χ0) is 24.6. The van der Waals surface area contributed by atoms with E-state index in [-0.39, 0.29) is 6.42 Å². The first kappa shape index (κ1) is 24.8. The zero-order valence-electron chi connectivity index (χ0n) is 18.7. The molecule has 33 heavy (non-hydrogen) atoms. The van der Waals surface area contributed by atoms with Gasteiger partial charge >= 0.3 is 19.3 Å². The van der Waals surface area contributed by atoms with Crippen molar-refractivity contribution in [2.24, 2.45) is 0 Å². The minimum Gasteiger partial charge on any atom is -0.480 e. The van der Waals surface area contributed by atoms with Crippen LogP contribution >= 0.6 is 0 Å². The number of benzene rings is 2. The lowest BCUT2D eigenvalue weighted by molar-refractivity contribution is -0.139. The Balaban J connectivity index is 1.73. The second-order valence-corrected chi connectivity index (χ2v) is 8.94. The fourth-order valence-electron chi connectivity index (χ4n) is 3.39. The summed E-state index contributed by atoms with van der Waals surface area (Å²) in [6.07, 6.45) is -4.85. The monoisotopic (exact) mass is 463 g/mol. The molecule has 0 saturated carbocycles. The first-order valence-electron chi connectivity index (χ1n) is 10.4. The van der Waals surface area contributed by atoms with Crippen LogP contribution in [0.4, 0.5) is 13.2 Å². The molecule has 1 saturated heterocycles. The molecule has 2 aromatic carbocycles. The summed E-state index contributed by atoms with van der Waals surface area (Å²) in [5.74, 6) is -2.47. The second-order valence-electron chi connectivity index (χ2n) is 8.94. The first-order valence-corrected chi connectivity index (χ1v) is 10.4. The number of hydrogen-bond acceptors (Lipinski definition) is 4. The van der Waals surface area contributed by atoms with Gasteiger partial charge in [-0.3, -0.25) is 4.79 Å². The van der Waals surface area contributed by atoms with Crippen LogP contribution in [0.1, 0.15) is 49.2 Å². The number of carboxylic acids is 1. The third-order valence-corrected chi connectivity index (χ3v) is 6.03. The number of alkyl halides is 3. The summed E-state index contributed by atoms with van der Waals surface area (Å²) in [6.45, 7) is 7.72. The fraction of sp³-hybridized carbons (Fsp3) is 0.391. The number of aliphatic carboxylic acids is 1. The molecule has 1 aliphatic rings. The highest BCUT2D eigenvalue weighted by Crippen LogP contribution is 2.36. The summed E-state index contributed by atoms with van der Waals surface area (Å²) >= 11 is 0. The minimum atomic E-state index is -4.74. The molecule has 1 atom stereocenters. The number of carbonyl (C=O) groups excluding carboxylic acids is 1. The van der Waals surface area contributed by atoms with E-state index < -0.39 is 53.5 Å². The van der Waals surface area contributed by atoms with Crippen LogP contribution in [0.2, 0.25) is 0 Å². The molecule has 1 amide bonds. The first-order chi connectivity index (χ1) is 15.2. The minimum absolute atomic E-state index is 0.112. The van der Waals surface area contributed by atoms with Gasteiger partial charge < -0.3 is 19.7 Å². The fourth-order valence-corrected chi connectivity index (χ4v) is 3.39. The second kappa shape index (κ2) is 8.83. The molecular formula is C23H25BF3NO5. The molecule has 0 aliphatic carbocycles. The molecule has 0 unspecified atom stereocenters. The third kappa shape index (κ3) is 5.39. The maximum Gasteiger partial charge on any atom is 0.494 e. The molecule has 6 nitrogen and oxygen atoms in total. The van der Waals surface area contributed by atoms with Crippen molar-refractivity contribution in [3.63, 3.8) is 0 Å². The summed E-state index contributed by atoms with van der Waals surface area (Å²) in [5.41, 5.74) is -1.46. The molecule has 0 radical (unpaired) electrons. The van der Waals surface area contributed by atoms with Gasteiger partial charge in [0.2, 0.25) is 0 Å². The van der Waals surface area contributed by atoms with Crippen LogP contribution < -0.4 is 10.8 Å². The van der Waals surface area contributed by atoms with Gasteiger partial charge in [0.05, 0.1) is 22.3 Å². The van der Waals surface area contributed by atoms with Gasteiger partial charge in [0.1, 0.15) is 6.04 Å². The van der Waals surface area contributed by atoms with Crippen LogP contribution in [0.15, 0.2) is 48.5 Å². The van der Waals surface area contributed by atoms with Gasteiger partial charge in [0.15, 0.2) is 0 Å². The average molecular weight is 463 g/mol. The van der Waals surface area contributed by atoms with Crippen molar-refractivity contribution in [3.05, 3.63) is 65.2 Å². The molecule has 2 aromatic rings. The number of carboxylic acid groups (broad SMARTS) is 1. The van der Waals surface area contributed by atoms with Crippen molar-refractivity contribution < 1.29 is 37.2 Å². The Morgan fingerprint density at radius 1 is 1.00 bits per heavy atom. The molecule has 3 rings (SSSR count). The Labute approximate surface area is 190 Å². The number of carbonyl (C=O) groups is 2. The van der Waals surface area contributed by atoms with E-state index >= 15 is 0 Å². The quantitative estimate of drug-likeness (QED) is 0.642. The topological polar surface area (TPSA) is 84.9 Å². The Morgan fingerprint density at radius 3 is 2.06 bits per heavy atom. The number of halogens is 3. The number of rotatable bonds is 6. The third-order valence-electron chi connectivity index (χ3n) is 6.03. The van der Waals surface area contributed by atoms with E-state index in [4.69, 9.17) is 9.31 Å². The van der Waals surface area contributed by atoms with Crippen LogP contribution in [0.3, 0.4) is 0 Å². The molecule has 0 bridgehead atoms. The van der Waals surface area contributed by atoms with Gasteiger partial charge in [-0.2, -0.15) is 13.2 Å². The Morgan fingerprint density at radius 2 is 1.55 bits per heavy atom. The Kier molecular flexibility index (Phi) is 6.63. The van der Waals surface area contributed by atoms with Crippen molar-refractivity contribution >= 4 is 24.5 Å². The van der Waals surface area contributed by atoms with Gasteiger partial charge in [0, 0.05) is 6.42 Å². The lowest BCUT2D eigenvalue weighted by Crippen LogP contribution is -2.43. The van der Waals surface area contributed by atoms with Gasteiger partial charge in [0.25, 0.3) is 5.91 Å². The molecule has 1 heterocycles. The summed E-state index contributed by atoms with van der Waals surface area (Å²) in [4.78, 5) is 24.2. The van der Waals surface area contributed by atoms with Crippen LogP contribution in [-0.2, 0) is 26.7 Å². The molecule has 10 heteroatoms. The van der Waals surface area contributed by atoms with Crippen LogP contribution in [-0.4, -0.2) is 41.3 Å². The van der Waals surface area contributed by atoms with Gasteiger partial charge in [-0.15, -0.1) is 0 Å². The smallest absolute Gasteiger partial charge is 0.480 e. The molecule has 176 valence electrons. The molecule has 0 aromatic heterocycles. The van der Waals surface area contributed by atoms with E-state index in [2.05, 4.69) is 5.32 Å². The molecule has 2 N–H and O–H groups in total. The largest absolute Gasteiger partial charge is 0.494 e. The van der Waals surface area contributed by atoms with Crippen LogP contribution in [0.25, 0.3) is 0 Å². The lowest BCUT2D eigenvalue weighted by Gasteiger charge is -2.32. The molecular weight excluding hydrogens is 438 g/mol. The maximum atomic E-state index is 13.2. The molecule has 1 aliphatic heterocycles. The zero-order valence-corrected chi connectivity index (χ0v) is 18.7. The van der Waals surface area contributed by atoms with Gasteiger partial charge in [-0.25, -0.2) is 4.79 Å². The van der Waals surface area contributed by atoms with Crippen molar-refractivity contribution in [2.45, 2.75) is 57.5 Å². The Bertz CT molecular complexity index is 1020. The van der Waals surface area contributed by atoms with Crippen molar-refractivity contribution in [3.8, 4) is 0 Å². The highest BCUT2D eigenvalue weighted by Gasteiger charge is 2.51. The standard InChI is InChI=1S/C23H25BF3NO5/c1-21(2)22(3,4)33-24(32-21)15-11-9-14(10-12-15)13-18(20(30)31)28-19(29)16-7-5-6-8-17(16)23(25,26)27/h5-12,18H,13H2,1-4H3,(H,28,29)(H,30,31)/t18-/m1/s1. The summed E-state index contributed by atoms with van der Waals surface area (Å²) in [7, 11) is -0.585. The van der Waals surface area contributed by atoms with Crippen molar-refractivity contribution in [2.75, 3.05) is 0 Å². The van der Waals surface area contributed by atoms with Crippen LogP contribution in [0.5, 0.6) is 0 Å². The number of amides is 1. The predicted molar refractivity (Wildman–Crippen MR) is 116 cm³/mol. The Hall–Kier alpha value is -2.85. The van der Waals surface area contributed by atoms with E-state index in [1.807, 2.05) is 27.7 Å². The predicted octanol–water partition coefficient (Wildman–Crippen LogP) is 3.43. The average Bonchev–Trinajstić information content (AvgIpc) is 2.94. The van der Waals surface area contributed by atoms with E-state index in [1.165, 1.54) is 6.07 Å². The van der Waals surface area contributed by atoms with Crippen LogP contribution in [0, 0.1) is 0 Å². The number of nitrogens with one attached hydrogen (secondary N) is 1. The molecule has 1 fully saturated rings. The number of hydrogen-bond donors (Lipinski definition) is 2.